The standard InChI is InChI=1S/C17H26ClNO/c1-17(2,3)15-12-13(18)7-8-16(15)20-11-9-14-6-4-5-10-19-14/h7-8,12,14,19H,4-6,9-11H2,1-3H3. The van der Waals surface area contributed by atoms with E-state index in [1.165, 1.54) is 24.8 Å². The highest BCUT2D eigenvalue weighted by molar-refractivity contribution is 6.30. The first kappa shape index (κ1) is 15.7. The molecule has 112 valence electrons. The van der Waals surface area contributed by atoms with Crippen LogP contribution in [0.3, 0.4) is 0 Å². The fourth-order valence-corrected chi connectivity index (χ4v) is 2.87. The van der Waals surface area contributed by atoms with Gasteiger partial charge in [-0.3, -0.25) is 0 Å². The summed E-state index contributed by atoms with van der Waals surface area (Å²) in [5, 5.41) is 4.33. The average Bonchev–Trinajstić information content (AvgIpc) is 2.40. The summed E-state index contributed by atoms with van der Waals surface area (Å²) >= 11 is 6.11. The molecule has 1 atom stereocenters. The average molecular weight is 296 g/mol. The molecule has 1 fully saturated rings. The lowest BCUT2D eigenvalue weighted by Crippen LogP contribution is -2.35. The quantitative estimate of drug-likeness (QED) is 0.880. The summed E-state index contributed by atoms with van der Waals surface area (Å²) < 4.78 is 6.02. The Morgan fingerprint density at radius 2 is 2.10 bits per heavy atom. The number of halogens is 1. The van der Waals surface area contributed by atoms with Gasteiger partial charge < -0.3 is 10.1 Å². The zero-order valence-electron chi connectivity index (χ0n) is 12.8. The molecule has 0 aliphatic carbocycles. The van der Waals surface area contributed by atoms with Gasteiger partial charge in [-0.15, -0.1) is 0 Å². The number of rotatable bonds is 4. The van der Waals surface area contributed by atoms with Crippen LogP contribution >= 0.6 is 11.6 Å². The molecule has 3 heteroatoms. The fraction of sp³-hybridized carbons (Fsp3) is 0.647. The maximum absolute atomic E-state index is 6.11. The normalized spacial score (nSPS) is 19.9. The molecule has 1 saturated heterocycles. The number of benzene rings is 1. The summed E-state index contributed by atoms with van der Waals surface area (Å²) in [6, 6.07) is 6.55. The molecule has 1 aromatic carbocycles. The first-order valence-electron chi connectivity index (χ1n) is 7.63. The third-order valence-electron chi connectivity index (χ3n) is 3.89. The van der Waals surface area contributed by atoms with Gasteiger partial charge in [-0.25, -0.2) is 0 Å². The SMILES string of the molecule is CC(C)(C)c1cc(Cl)ccc1OCCC1CCCCN1. The van der Waals surface area contributed by atoms with Crippen LogP contribution in [0.4, 0.5) is 0 Å². The van der Waals surface area contributed by atoms with Crippen LogP contribution < -0.4 is 10.1 Å². The first-order chi connectivity index (χ1) is 9.47. The molecular weight excluding hydrogens is 270 g/mol. The third-order valence-corrected chi connectivity index (χ3v) is 4.12. The lowest BCUT2D eigenvalue weighted by molar-refractivity contribution is 0.263. The van der Waals surface area contributed by atoms with Crippen LogP contribution in [-0.4, -0.2) is 19.2 Å². The number of hydrogen-bond donors (Lipinski definition) is 1. The molecule has 1 aromatic rings. The van der Waals surface area contributed by atoms with Gasteiger partial charge in [-0.1, -0.05) is 38.8 Å². The van der Waals surface area contributed by atoms with E-state index in [1.807, 2.05) is 18.2 Å². The van der Waals surface area contributed by atoms with E-state index < -0.39 is 0 Å². The highest BCUT2D eigenvalue weighted by Crippen LogP contribution is 2.33. The van der Waals surface area contributed by atoms with Gasteiger partial charge in [0.2, 0.25) is 0 Å². The Hall–Kier alpha value is -0.730. The summed E-state index contributed by atoms with van der Waals surface area (Å²) in [6.45, 7) is 8.48. The molecule has 1 aliphatic heterocycles. The summed E-state index contributed by atoms with van der Waals surface area (Å²) in [7, 11) is 0. The minimum absolute atomic E-state index is 0.0450. The summed E-state index contributed by atoms with van der Waals surface area (Å²) in [6.07, 6.45) is 5.00. The zero-order valence-corrected chi connectivity index (χ0v) is 13.6. The Morgan fingerprint density at radius 1 is 1.30 bits per heavy atom. The Labute approximate surface area is 127 Å². The third kappa shape index (κ3) is 4.39. The highest BCUT2D eigenvalue weighted by Gasteiger charge is 2.20. The van der Waals surface area contributed by atoms with Crippen molar-refractivity contribution < 1.29 is 4.74 Å². The van der Waals surface area contributed by atoms with E-state index in [1.54, 1.807) is 0 Å². The number of hydrogen-bond acceptors (Lipinski definition) is 2. The lowest BCUT2D eigenvalue weighted by Gasteiger charge is -2.25. The van der Waals surface area contributed by atoms with Gasteiger partial charge in [0.05, 0.1) is 6.61 Å². The van der Waals surface area contributed by atoms with E-state index in [-0.39, 0.29) is 5.41 Å². The van der Waals surface area contributed by atoms with Crippen LogP contribution in [0.25, 0.3) is 0 Å². The molecule has 1 N–H and O–H groups in total. The minimum atomic E-state index is 0.0450. The Bertz CT molecular complexity index is 433. The van der Waals surface area contributed by atoms with E-state index in [0.29, 0.717) is 6.04 Å². The highest BCUT2D eigenvalue weighted by atomic mass is 35.5. The van der Waals surface area contributed by atoms with Crippen molar-refractivity contribution in [1.82, 2.24) is 5.32 Å². The van der Waals surface area contributed by atoms with Crippen LogP contribution in [0.2, 0.25) is 5.02 Å². The summed E-state index contributed by atoms with van der Waals surface area (Å²) in [5.74, 6) is 0.970. The van der Waals surface area contributed by atoms with Crippen molar-refractivity contribution in [3.63, 3.8) is 0 Å². The molecule has 0 radical (unpaired) electrons. The second-order valence-corrected chi connectivity index (χ2v) is 7.11. The van der Waals surface area contributed by atoms with Crippen molar-refractivity contribution in [2.45, 2.75) is 57.9 Å². The lowest BCUT2D eigenvalue weighted by atomic mass is 9.86. The van der Waals surface area contributed by atoms with E-state index in [2.05, 4.69) is 26.1 Å². The Kier molecular flexibility index (Phi) is 5.34. The largest absolute Gasteiger partial charge is 0.493 e. The number of nitrogens with one attached hydrogen (secondary N) is 1. The van der Waals surface area contributed by atoms with Crippen molar-refractivity contribution in [2.24, 2.45) is 0 Å². The van der Waals surface area contributed by atoms with Gasteiger partial charge in [0.15, 0.2) is 0 Å². The monoisotopic (exact) mass is 295 g/mol. The van der Waals surface area contributed by atoms with Gasteiger partial charge >= 0.3 is 0 Å². The maximum atomic E-state index is 6.11. The minimum Gasteiger partial charge on any atom is -0.493 e. The smallest absolute Gasteiger partial charge is 0.123 e. The zero-order chi connectivity index (χ0) is 14.6. The molecule has 1 heterocycles. The van der Waals surface area contributed by atoms with Crippen LogP contribution in [0.5, 0.6) is 5.75 Å². The molecular formula is C17H26ClNO. The van der Waals surface area contributed by atoms with Gasteiger partial charge in [-0.05, 0) is 49.4 Å². The Balaban J connectivity index is 1.95. The fourth-order valence-electron chi connectivity index (χ4n) is 2.70. The maximum Gasteiger partial charge on any atom is 0.123 e. The van der Waals surface area contributed by atoms with Crippen molar-refractivity contribution in [3.8, 4) is 5.75 Å². The van der Waals surface area contributed by atoms with Crippen LogP contribution in [0, 0.1) is 0 Å². The van der Waals surface area contributed by atoms with Gasteiger partial charge in [0.25, 0.3) is 0 Å². The van der Waals surface area contributed by atoms with Crippen LogP contribution in [0.15, 0.2) is 18.2 Å². The Morgan fingerprint density at radius 3 is 2.75 bits per heavy atom. The molecule has 0 bridgehead atoms. The van der Waals surface area contributed by atoms with Crippen molar-refractivity contribution >= 4 is 11.6 Å². The molecule has 2 nitrogen and oxygen atoms in total. The topological polar surface area (TPSA) is 21.3 Å². The van der Waals surface area contributed by atoms with E-state index in [9.17, 15) is 0 Å². The first-order valence-corrected chi connectivity index (χ1v) is 8.01. The van der Waals surface area contributed by atoms with Crippen molar-refractivity contribution in [2.75, 3.05) is 13.2 Å². The predicted octanol–water partition coefficient (Wildman–Crippen LogP) is 4.55. The van der Waals surface area contributed by atoms with Crippen LogP contribution in [-0.2, 0) is 5.41 Å². The van der Waals surface area contributed by atoms with E-state index >= 15 is 0 Å². The molecule has 1 unspecified atom stereocenters. The number of piperidine rings is 1. The van der Waals surface area contributed by atoms with E-state index in [0.717, 1.165) is 30.3 Å². The van der Waals surface area contributed by atoms with E-state index in [4.69, 9.17) is 16.3 Å². The van der Waals surface area contributed by atoms with Gasteiger partial charge in [0, 0.05) is 16.6 Å². The molecule has 0 saturated carbocycles. The van der Waals surface area contributed by atoms with Gasteiger partial charge in [-0.2, -0.15) is 0 Å². The molecule has 0 spiro atoms. The second kappa shape index (κ2) is 6.82. The molecule has 1 aliphatic rings. The van der Waals surface area contributed by atoms with Gasteiger partial charge in [0.1, 0.15) is 5.75 Å². The van der Waals surface area contributed by atoms with Crippen LogP contribution in [0.1, 0.15) is 52.0 Å². The molecule has 20 heavy (non-hydrogen) atoms. The van der Waals surface area contributed by atoms with Crippen molar-refractivity contribution in [1.29, 1.82) is 0 Å². The predicted molar refractivity (Wildman–Crippen MR) is 85.9 cm³/mol. The number of ether oxygens (including phenoxy) is 1. The summed E-state index contributed by atoms with van der Waals surface area (Å²) in [5.41, 5.74) is 1.23. The molecule has 0 amide bonds. The summed E-state index contributed by atoms with van der Waals surface area (Å²) in [4.78, 5) is 0. The molecule has 0 aromatic heterocycles. The second-order valence-electron chi connectivity index (χ2n) is 6.67. The molecule has 2 rings (SSSR count). The van der Waals surface area contributed by atoms with Crippen molar-refractivity contribution in [3.05, 3.63) is 28.8 Å².